The molecule has 0 bridgehead atoms. The number of nitrogens with one attached hydrogen (secondary N) is 1. The monoisotopic (exact) mass is 225 g/mol. The molecule has 0 saturated carbocycles. The Morgan fingerprint density at radius 2 is 1.93 bits per heavy atom. The zero-order valence-electron chi connectivity index (χ0n) is 8.14. The molecule has 0 unspecified atom stereocenters. The second kappa shape index (κ2) is 4.29. The van der Waals surface area contributed by atoms with Crippen molar-refractivity contribution in [2.45, 2.75) is 6.04 Å². The van der Waals surface area contributed by atoms with Crippen LogP contribution >= 0.6 is 0 Å². The Kier molecular flexibility index (Phi) is 3.29. The maximum absolute atomic E-state index is 10.9. The number of nitrogens with zero attached hydrogens (tertiary/aromatic N) is 1. The second-order valence-electron chi connectivity index (χ2n) is 3.10. The van der Waals surface area contributed by atoms with Crippen molar-refractivity contribution in [3.8, 4) is 6.07 Å². The number of hydrogen-bond acceptors (Lipinski definition) is 4. The molecule has 0 aromatic heterocycles. The number of anilines is 1. The van der Waals surface area contributed by atoms with E-state index in [2.05, 4.69) is 4.72 Å². The van der Waals surface area contributed by atoms with Gasteiger partial charge in [0, 0.05) is 5.69 Å². The molecule has 1 aromatic rings. The second-order valence-corrected chi connectivity index (χ2v) is 4.85. The van der Waals surface area contributed by atoms with E-state index < -0.39 is 16.1 Å². The number of rotatable bonds is 3. The van der Waals surface area contributed by atoms with Gasteiger partial charge >= 0.3 is 0 Å². The van der Waals surface area contributed by atoms with Gasteiger partial charge in [-0.05, 0) is 17.7 Å². The van der Waals surface area contributed by atoms with E-state index in [-0.39, 0.29) is 0 Å². The smallest absolute Gasteiger partial charge is 0.229 e. The van der Waals surface area contributed by atoms with Crippen molar-refractivity contribution in [1.29, 1.82) is 5.26 Å². The summed E-state index contributed by atoms with van der Waals surface area (Å²) < 4.78 is 24.1. The Morgan fingerprint density at radius 3 is 2.33 bits per heavy atom. The van der Waals surface area contributed by atoms with Crippen LogP contribution in [0.4, 0.5) is 5.69 Å². The van der Waals surface area contributed by atoms with E-state index in [9.17, 15) is 8.42 Å². The van der Waals surface area contributed by atoms with E-state index in [1.54, 1.807) is 24.3 Å². The highest BCUT2D eigenvalue weighted by Crippen LogP contribution is 2.14. The van der Waals surface area contributed by atoms with Crippen LogP contribution in [0.2, 0.25) is 0 Å². The van der Waals surface area contributed by atoms with Crippen molar-refractivity contribution < 1.29 is 8.42 Å². The standard InChI is InChI=1S/C9H11N3O2S/c1-15(13,14)12-8-4-2-7(3-5-8)9(11)6-10/h2-5,9,12H,11H2,1H3/t9-/m0/s1. The van der Waals surface area contributed by atoms with E-state index in [1.807, 2.05) is 6.07 Å². The number of benzene rings is 1. The van der Waals surface area contributed by atoms with E-state index in [0.717, 1.165) is 6.26 Å². The van der Waals surface area contributed by atoms with Crippen LogP contribution in [0.25, 0.3) is 0 Å². The Morgan fingerprint density at radius 1 is 1.40 bits per heavy atom. The molecule has 0 saturated heterocycles. The molecule has 6 heteroatoms. The molecule has 0 radical (unpaired) electrons. The summed E-state index contributed by atoms with van der Waals surface area (Å²) in [6, 6.07) is 7.56. The first-order valence-corrected chi connectivity index (χ1v) is 6.04. The molecule has 1 aromatic carbocycles. The summed E-state index contributed by atoms with van der Waals surface area (Å²) in [5.74, 6) is 0. The maximum Gasteiger partial charge on any atom is 0.229 e. The van der Waals surface area contributed by atoms with Crippen molar-refractivity contribution in [3.05, 3.63) is 29.8 Å². The van der Waals surface area contributed by atoms with E-state index >= 15 is 0 Å². The predicted molar refractivity (Wildman–Crippen MR) is 57.4 cm³/mol. The molecule has 80 valence electrons. The highest BCUT2D eigenvalue weighted by atomic mass is 32.2. The van der Waals surface area contributed by atoms with Crippen molar-refractivity contribution in [2.75, 3.05) is 11.0 Å². The number of hydrogen-bond donors (Lipinski definition) is 2. The van der Waals surface area contributed by atoms with Crippen LogP contribution in [0.3, 0.4) is 0 Å². The van der Waals surface area contributed by atoms with Crippen LogP contribution in [-0.4, -0.2) is 14.7 Å². The summed E-state index contributed by atoms with van der Waals surface area (Å²) >= 11 is 0. The van der Waals surface area contributed by atoms with E-state index in [0.29, 0.717) is 11.3 Å². The minimum Gasteiger partial charge on any atom is -0.312 e. The van der Waals surface area contributed by atoms with E-state index in [4.69, 9.17) is 11.0 Å². The van der Waals surface area contributed by atoms with Crippen LogP contribution in [0.5, 0.6) is 0 Å². The quantitative estimate of drug-likeness (QED) is 0.786. The molecule has 0 fully saturated rings. The maximum atomic E-state index is 10.9. The average molecular weight is 225 g/mol. The molecule has 1 rings (SSSR count). The fraction of sp³-hybridized carbons (Fsp3) is 0.222. The Hall–Kier alpha value is -1.58. The minimum atomic E-state index is -3.26. The van der Waals surface area contributed by atoms with Gasteiger partial charge in [0.25, 0.3) is 0 Å². The molecule has 0 aliphatic rings. The summed E-state index contributed by atoms with van der Waals surface area (Å²) in [5, 5.41) is 8.56. The third-order valence-electron chi connectivity index (χ3n) is 1.71. The normalized spacial score (nSPS) is 12.9. The fourth-order valence-corrected chi connectivity index (χ4v) is 1.61. The zero-order chi connectivity index (χ0) is 11.5. The number of sulfonamides is 1. The SMILES string of the molecule is CS(=O)(=O)Nc1ccc([C@@H](N)C#N)cc1. The highest BCUT2D eigenvalue weighted by Gasteiger charge is 2.05. The summed E-state index contributed by atoms with van der Waals surface area (Å²) in [6.45, 7) is 0. The van der Waals surface area contributed by atoms with Gasteiger partial charge in [-0.25, -0.2) is 8.42 Å². The fourth-order valence-electron chi connectivity index (χ4n) is 1.05. The highest BCUT2D eigenvalue weighted by molar-refractivity contribution is 7.92. The summed E-state index contributed by atoms with van der Waals surface area (Å²) in [7, 11) is -3.26. The lowest BCUT2D eigenvalue weighted by Gasteiger charge is -2.06. The molecule has 5 nitrogen and oxygen atoms in total. The van der Waals surface area contributed by atoms with Gasteiger partial charge < -0.3 is 5.73 Å². The molecule has 15 heavy (non-hydrogen) atoms. The minimum absolute atomic E-state index is 0.450. The molecule has 3 N–H and O–H groups in total. The van der Waals surface area contributed by atoms with Gasteiger partial charge in [-0.3, -0.25) is 4.72 Å². The molecule has 0 aliphatic heterocycles. The number of nitrogens with two attached hydrogens (primary N) is 1. The zero-order valence-corrected chi connectivity index (χ0v) is 8.95. The largest absolute Gasteiger partial charge is 0.312 e. The molecule has 0 spiro atoms. The van der Waals surface area contributed by atoms with Gasteiger partial charge in [0.2, 0.25) is 10.0 Å². The summed E-state index contributed by atoms with van der Waals surface area (Å²) in [5.41, 5.74) is 6.57. The lowest BCUT2D eigenvalue weighted by atomic mass is 10.1. The van der Waals surface area contributed by atoms with Crippen LogP contribution < -0.4 is 10.5 Å². The lowest BCUT2D eigenvalue weighted by Crippen LogP contribution is -2.10. The molecular weight excluding hydrogens is 214 g/mol. The van der Waals surface area contributed by atoms with Crippen LogP contribution in [-0.2, 0) is 10.0 Å². The lowest BCUT2D eigenvalue weighted by molar-refractivity contribution is 0.607. The Balaban J connectivity index is 2.87. The molecular formula is C9H11N3O2S. The van der Waals surface area contributed by atoms with Gasteiger partial charge in [0.05, 0.1) is 12.3 Å². The number of nitriles is 1. The summed E-state index contributed by atoms with van der Waals surface area (Å²) in [6.07, 6.45) is 1.07. The van der Waals surface area contributed by atoms with Crippen LogP contribution in [0.1, 0.15) is 11.6 Å². The van der Waals surface area contributed by atoms with Crippen LogP contribution in [0, 0.1) is 11.3 Å². The first kappa shape index (κ1) is 11.5. The van der Waals surface area contributed by atoms with Crippen LogP contribution in [0.15, 0.2) is 24.3 Å². The van der Waals surface area contributed by atoms with Crippen molar-refractivity contribution in [1.82, 2.24) is 0 Å². The third kappa shape index (κ3) is 3.58. The first-order valence-electron chi connectivity index (χ1n) is 4.15. The summed E-state index contributed by atoms with van der Waals surface area (Å²) in [4.78, 5) is 0. The van der Waals surface area contributed by atoms with Gasteiger partial charge in [0.1, 0.15) is 6.04 Å². The topological polar surface area (TPSA) is 96.0 Å². The molecule has 0 heterocycles. The van der Waals surface area contributed by atoms with Crippen molar-refractivity contribution >= 4 is 15.7 Å². The molecule has 0 aliphatic carbocycles. The Labute approximate surface area is 88.6 Å². The average Bonchev–Trinajstić information content (AvgIpc) is 2.15. The third-order valence-corrected chi connectivity index (χ3v) is 2.32. The molecule has 0 amide bonds. The predicted octanol–water partition coefficient (Wildman–Crippen LogP) is 0.581. The van der Waals surface area contributed by atoms with Crippen molar-refractivity contribution in [3.63, 3.8) is 0 Å². The van der Waals surface area contributed by atoms with Gasteiger partial charge in [-0.15, -0.1) is 0 Å². The first-order chi connectivity index (χ1) is 6.92. The van der Waals surface area contributed by atoms with Gasteiger partial charge in [-0.2, -0.15) is 5.26 Å². The Bertz CT molecular complexity index is 473. The molecule has 1 atom stereocenters. The van der Waals surface area contributed by atoms with Gasteiger partial charge in [-0.1, -0.05) is 12.1 Å². The van der Waals surface area contributed by atoms with Gasteiger partial charge in [0.15, 0.2) is 0 Å². The van der Waals surface area contributed by atoms with Crippen molar-refractivity contribution in [2.24, 2.45) is 5.73 Å². The van der Waals surface area contributed by atoms with E-state index in [1.165, 1.54) is 0 Å².